The van der Waals surface area contributed by atoms with Gasteiger partial charge in [-0.15, -0.1) is 0 Å². The quantitative estimate of drug-likeness (QED) is 0.237. The molecular formula is C20H32O8. The molecule has 12 atom stereocenters. The molecule has 4 aliphatic carbocycles. The fourth-order valence-electron chi connectivity index (χ4n) is 8.16. The van der Waals surface area contributed by atoms with Gasteiger partial charge >= 0.3 is 0 Å². The fraction of sp³-hybridized carbons (Fsp3) is 1.00. The van der Waals surface area contributed by atoms with Crippen molar-refractivity contribution >= 4 is 0 Å². The van der Waals surface area contributed by atoms with Crippen LogP contribution in [0.1, 0.15) is 47.0 Å². The number of aliphatic hydroxyl groups excluding tert-OH is 3. The Hall–Kier alpha value is -0.320. The average Bonchev–Trinajstić information content (AvgIpc) is 3.30. The maximum Gasteiger partial charge on any atom is 0.110 e. The zero-order valence-electron chi connectivity index (χ0n) is 16.7. The van der Waals surface area contributed by atoms with E-state index in [1.54, 1.807) is 20.8 Å². The lowest BCUT2D eigenvalue weighted by molar-refractivity contribution is -0.287. The number of hydrogen-bond acceptors (Lipinski definition) is 8. The molecule has 0 aromatic carbocycles. The lowest BCUT2D eigenvalue weighted by Gasteiger charge is -2.58. The molecule has 7 N–H and O–H groups in total. The van der Waals surface area contributed by atoms with E-state index in [2.05, 4.69) is 0 Å². The first kappa shape index (κ1) is 19.6. The maximum absolute atomic E-state index is 12.0. The lowest BCUT2D eigenvalue weighted by Crippen LogP contribution is -2.72. The molecule has 0 aromatic rings. The molecule has 8 nitrogen and oxygen atoms in total. The summed E-state index contributed by atoms with van der Waals surface area (Å²) >= 11 is 0. The second-order valence-corrected chi connectivity index (χ2v) is 11.1. The Morgan fingerprint density at radius 1 is 0.857 bits per heavy atom. The van der Waals surface area contributed by atoms with Crippen molar-refractivity contribution < 1.29 is 40.5 Å². The molecule has 1 saturated heterocycles. The predicted molar refractivity (Wildman–Crippen MR) is 94.9 cm³/mol. The average molecular weight is 400 g/mol. The molecule has 1 heterocycles. The zero-order valence-corrected chi connectivity index (χ0v) is 16.7. The SMILES string of the molecule is CC1(C)[C@H]2O[C@H]2C2C1(O)[C@H](O)[C@@H](O)[C@]13C[C@@](C)(O)[C@H](CC[C@]1(O)[C@@]2(C)O)[C@H]3O. The van der Waals surface area contributed by atoms with Gasteiger partial charge in [-0.1, -0.05) is 13.8 Å². The number of hydrogen-bond donors (Lipinski definition) is 7. The number of aliphatic hydroxyl groups is 7. The summed E-state index contributed by atoms with van der Waals surface area (Å²) in [7, 11) is 0. The molecule has 5 rings (SSSR count). The van der Waals surface area contributed by atoms with Crippen LogP contribution in [0.4, 0.5) is 0 Å². The van der Waals surface area contributed by atoms with Crippen molar-refractivity contribution in [2.24, 2.45) is 22.7 Å². The molecule has 2 bridgehead atoms. The van der Waals surface area contributed by atoms with Crippen LogP contribution in [-0.4, -0.2) is 88.7 Å². The minimum atomic E-state index is -2.04. The van der Waals surface area contributed by atoms with Crippen LogP contribution in [-0.2, 0) is 4.74 Å². The molecule has 1 aliphatic heterocycles. The first-order valence-electron chi connectivity index (χ1n) is 10.2. The third-order valence-corrected chi connectivity index (χ3v) is 9.74. The van der Waals surface area contributed by atoms with Crippen molar-refractivity contribution in [3.05, 3.63) is 0 Å². The lowest BCUT2D eigenvalue weighted by atomic mass is 9.53. The summed E-state index contributed by atoms with van der Waals surface area (Å²) in [4.78, 5) is 0. The van der Waals surface area contributed by atoms with Gasteiger partial charge in [0.1, 0.15) is 17.3 Å². The normalized spacial score (nSPS) is 69.3. The predicted octanol–water partition coefficient (Wildman–Crippen LogP) is -1.73. The third kappa shape index (κ3) is 1.61. The molecule has 0 aromatic heterocycles. The molecule has 1 spiro atoms. The van der Waals surface area contributed by atoms with Gasteiger partial charge < -0.3 is 40.5 Å². The second-order valence-electron chi connectivity index (χ2n) is 11.1. The van der Waals surface area contributed by atoms with E-state index >= 15 is 0 Å². The molecule has 28 heavy (non-hydrogen) atoms. The molecule has 8 heteroatoms. The maximum atomic E-state index is 12.0. The molecule has 4 saturated carbocycles. The van der Waals surface area contributed by atoms with Crippen LogP contribution >= 0.6 is 0 Å². The Kier molecular flexibility index (Phi) is 3.35. The Morgan fingerprint density at radius 3 is 2.07 bits per heavy atom. The van der Waals surface area contributed by atoms with Crippen LogP contribution in [0.15, 0.2) is 0 Å². The van der Waals surface area contributed by atoms with Gasteiger partial charge in [-0.2, -0.15) is 0 Å². The Labute approximate surface area is 163 Å². The second kappa shape index (κ2) is 4.78. The van der Waals surface area contributed by atoms with Gasteiger partial charge in [0.25, 0.3) is 0 Å². The molecule has 5 aliphatic rings. The smallest absolute Gasteiger partial charge is 0.110 e. The fourth-order valence-corrected chi connectivity index (χ4v) is 8.16. The highest BCUT2D eigenvalue weighted by molar-refractivity contribution is 5.37. The van der Waals surface area contributed by atoms with Gasteiger partial charge in [0.05, 0.1) is 47.0 Å². The summed E-state index contributed by atoms with van der Waals surface area (Å²) < 4.78 is 5.71. The van der Waals surface area contributed by atoms with E-state index in [9.17, 15) is 35.7 Å². The van der Waals surface area contributed by atoms with E-state index < -0.39 is 75.6 Å². The van der Waals surface area contributed by atoms with Crippen LogP contribution in [0, 0.1) is 22.7 Å². The molecule has 0 radical (unpaired) electrons. The van der Waals surface area contributed by atoms with E-state index in [1.807, 2.05) is 0 Å². The van der Waals surface area contributed by atoms with Crippen LogP contribution < -0.4 is 0 Å². The van der Waals surface area contributed by atoms with Crippen molar-refractivity contribution in [3.8, 4) is 0 Å². The first-order chi connectivity index (χ1) is 12.6. The molecule has 5 fully saturated rings. The van der Waals surface area contributed by atoms with Crippen molar-refractivity contribution in [2.75, 3.05) is 0 Å². The van der Waals surface area contributed by atoms with Gasteiger partial charge in [-0.3, -0.25) is 0 Å². The summed E-state index contributed by atoms with van der Waals surface area (Å²) in [5, 5.41) is 80.4. The highest BCUT2D eigenvalue weighted by Crippen LogP contribution is 2.73. The topological polar surface area (TPSA) is 154 Å². The van der Waals surface area contributed by atoms with E-state index in [0.717, 1.165) is 0 Å². The van der Waals surface area contributed by atoms with E-state index in [0.29, 0.717) is 0 Å². The number of ether oxygens (including phenoxy) is 1. The molecule has 0 amide bonds. The van der Waals surface area contributed by atoms with E-state index in [1.165, 1.54) is 6.92 Å². The number of rotatable bonds is 0. The van der Waals surface area contributed by atoms with Gasteiger partial charge in [-0.25, -0.2) is 0 Å². The largest absolute Gasteiger partial charge is 0.392 e. The highest BCUT2D eigenvalue weighted by atomic mass is 16.6. The summed E-state index contributed by atoms with van der Waals surface area (Å²) in [6.07, 6.45) is -5.77. The number of epoxide rings is 1. The Balaban J connectivity index is 1.79. The number of fused-ring (bicyclic) bond motifs is 4. The van der Waals surface area contributed by atoms with Crippen molar-refractivity contribution in [1.82, 2.24) is 0 Å². The standard InChI is InChI=1S/C20H32O8/c1-15(2)14-9(28-14)10-17(4,25)19(26)6-5-8-11(21)18(19,7-16(8,3)24)12(22)13(23)20(10,15)27/h8-14,21-27H,5-7H2,1-4H3/t8-,9+,10?,11-,12-,13-,14+,16-,17+,18-,19+,20?/m1/s1. The monoisotopic (exact) mass is 400 g/mol. The van der Waals surface area contributed by atoms with Crippen molar-refractivity contribution in [2.45, 2.75) is 99.9 Å². The summed E-state index contributed by atoms with van der Waals surface area (Å²) in [5.74, 6) is -1.68. The van der Waals surface area contributed by atoms with Gasteiger partial charge in [0.2, 0.25) is 0 Å². The van der Waals surface area contributed by atoms with Crippen molar-refractivity contribution in [1.29, 1.82) is 0 Å². The van der Waals surface area contributed by atoms with E-state index in [-0.39, 0.29) is 19.3 Å². The van der Waals surface area contributed by atoms with E-state index in [4.69, 9.17) is 4.74 Å². The summed E-state index contributed by atoms with van der Waals surface area (Å²) in [6, 6.07) is 0. The van der Waals surface area contributed by atoms with Gasteiger partial charge in [-0.05, 0) is 33.1 Å². The Morgan fingerprint density at radius 2 is 1.46 bits per heavy atom. The first-order valence-corrected chi connectivity index (χ1v) is 10.2. The van der Waals surface area contributed by atoms with Crippen LogP contribution in [0.2, 0.25) is 0 Å². The summed E-state index contributed by atoms with van der Waals surface area (Å²) in [6.45, 7) is 6.36. The van der Waals surface area contributed by atoms with Crippen LogP contribution in [0.5, 0.6) is 0 Å². The van der Waals surface area contributed by atoms with Gasteiger partial charge in [0, 0.05) is 11.3 Å². The summed E-state index contributed by atoms with van der Waals surface area (Å²) in [5.41, 5.74) is -10.2. The highest BCUT2D eigenvalue weighted by Gasteiger charge is 2.88. The van der Waals surface area contributed by atoms with Crippen LogP contribution in [0.3, 0.4) is 0 Å². The van der Waals surface area contributed by atoms with Gasteiger partial charge in [0.15, 0.2) is 0 Å². The molecule has 160 valence electrons. The third-order valence-electron chi connectivity index (χ3n) is 9.74. The molecule has 2 unspecified atom stereocenters. The van der Waals surface area contributed by atoms with Crippen LogP contribution in [0.25, 0.3) is 0 Å². The van der Waals surface area contributed by atoms with Crippen molar-refractivity contribution in [3.63, 3.8) is 0 Å². The Bertz CT molecular complexity index is 736. The zero-order chi connectivity index (χ0) is 20.9. The minimum Gasteiger partial charge on any atom is -0.392 e. The molecular weight excluding hydrogens is 368 g/mol. The minimum absolute atomic E-state index is 0.0199.